The first kappa shape index (κ1) is 15.3. The second-order valence-electron chi connectivity index (χ2n) is 5.45. The molecular weight excluding hydrogens is 295 g/mol. The Labute approximate surface area is 126 Å². The summed E-state index contributed by atoms with van der Waals surface area (Å²) in [6, 6.07) is 3.72. The van der Waals surface area contributed by atoms with Crippen LogP contribution in [-0.4, -0.2) is 47.3 Å². The highest BCUT2D eigenvalue weighted by Gasteiger charge is 2.30. The van der Waals surface area contributed by atoms with E-state index in [1.165, 1.54) is 6.07 Å². The van der Waals surface area contributed by atoms with Crippen molar-refractivity contribution in [3.05, 3.63) is 30.1 Å². The molecule has 0 saturated carbocycles. The number of imidazole rings is 1. The van der Waals surface area contributed by atoms with E-state index in [4.69, 9.17) is 4.74 Å². The van der Waals surface area contributed by atoms with Crippen molar-refractivity contribution in [2.24, 2.45) is 0 Å². The summed E-state index contributed by atoms with van der Waals surface area (Å²) < 4.78 is 45.3. The molecule has 0 spiro atoms. The predicted molar refractivity (Wildman–Crippen MR) is 76.6 cm³/mol. The van der Waals surface area contributed by atoms with Gasteiger partial charge in [0.2, 0.25) is 0 Å². The van der Waals surface area contributed by atoms with Gasteiger partial charge in [-0.25, -0.2) is 4.98 Å². The van der Waals surface area contributed by atoms with Crippen LogP contribution in [0.4, 0.5) is 13.2 Å². The number of aromatic nitrogens is 2. The molecule has 2 aromatic rings. The number of hydrogen-bond acceptors (Lipinski definition) is 3. The van der Waals surface area contributed by atoms with Gasteiger partial charge in [0, 0.05) is 26.2 Å². The van der Waals surface area contributed by atoms with E-state index in [0.717, 1.165) is 63.5 Å². The zero-order valence-electron chi connectivity index (χ0n) is 12.1. The molecular formula is C15H18F3N3O. The smallest absolute Gasteiger partial charge is 0.379 e. The molecule has 1 fully saturated rings. The highest BCUT2D eigenvalue weighted by atomic mass is 19.4. The Morgan fingerprint density at radius 1 is 1.14 bits per heavy atom. The molecule has 0 N–H and O–H groups in total. The van der Waals surface area contributed by atoms with Crippen LogP contribution in [0.2, 0.25) is 0 Å². The molecule has 0 bridgehead atoms. The first-order valence-electron chi connectivity index (χ1n) is 7.36. The van der Waals surface area contributed by atoms with Crippen LogP contribution in [-0.2, 0) is 17.5 Å². The Bertz CT molecular complexity index is 632. The van der Waals surface area contributed by atoms with Crippen molar-refractivity contribution in [1.29, 1.82) is 0 Å². The summed E-state index contributed by atoms with van der Waals surface area (Å²) in [5.41, 5.74) is 0.481. The Morgan fingerprint density at radius 3 is 2.64 bits per heavy atom. The van der Waals surface area contributed by atoms with E-state index in [9.17, 15) is 13.2 Å². The van der Waals surface area contributed by atoms with Gasteiger partial charge in [0.05, 0.1) is 36.1 Å². The van der Waals surface area contributed by atoms with Crippen LogP contribution in [0.25, 0.3) is 11.0 Å². The van der Waals surface area contributed by atoms with Gasteiger partial charge < -0.3 is 9.30 Å². The van der Waals surface area contributed by atoms with E-state index in [1.54, 1.807) is 6.33 Å². The summed E-state index contributed by atoms with van der Waals surface area (Å²) in [7, 11) is 0. The zero-order chi connectivity index (χ0) is 15.6. The molecule has 7 heteroatoms. The fourth-order valence-corrected chi connectivity index (χ4v) is 2.71. The van der Waals surface area contributed by atoms with Crippen LogP contribution in [0.1, 0.15) is 12.0 Å². The Kier molecular flexibility index (Phi) is 4.35. The second-order valence-corrected chi connectivity index (χ2v) is 5.45. The maximum absolute atomic E-state index is 12.7. The van der Waals surface area contributed by atoms with Crippen LogP contribution in [0.3, 0.4) is 0 Å². The first-order valence-corrected chi connectivity index (χ1v) is 7.36. The number of alkyl halides is 3. The lowest BCUT2D eigenvalue weighted by atomic mass is 10.2. The summed E-state index contributed by atoms with van der Waals surface area (Å²) in [6.07, 6.45) is -1.77. The molecule has 0 atom stereocenters. The van der Waals surface area contributed by atoms with Crippen molar-refractivity contribution in [2.75, 3.05) is 32.8 Å². The van der Waals surface area contributed by atoms with Gasteiger partial charge in [-0.15, -0.1) is 0 Å². The minimum atomic E-state index is -4.33. The number of benzene rings is 1. The highest BCUT2D eigenvalue weighted by molar-refractivity contribution is 5.76. The van der Waals surface area contributed by atoms with Gasteiger partial charge in [-0.05, 0) is 24.6 Å². The second kappa shape index (κ2) is 6.26. The van der Waals surface area contributed by atoms with Crippen LogP contribution < -0.4 is 0 Å². The Morgan fingerprint density at radius 2 is 1.91 bits per heavy atom. The Hall–Kier alpha value is -1.60. The van der Waals surface area contributed by atoms with E-state index in [2.05, 4.69) is 9.88 Å². The van der Waals surface area contributed by atoms with E-state index >= 15 is 0 Å². The maximum Gasteiger partial charge on any atom is 0.416 e. The molecule has 1 aromatic carbocycles. The summed E-state index contributed by atoms with van der Waals surface area (Å²) in [6.45, 7) is 5.14. The fraction of sp³-hybridized carbons (Fsp3) is 0.533. The standard InChI is InChI=1S/C15H18F3N3O/c16-15(17,18)12-2-3-14-13(10-12)19-11-21(14)5-1-4-20-6-8-22-9-7-20/h2-3,10-11H,1,4-9H2. The molecule has 1 saturated heterocycles. The van der Waals surface area contributed by atoms with Gasteiger partial charge >= 0.3 is 6.18 Å². The van der Waals surface area contributed by atoms with Gasteiger partial charge in [-0.1, -0.05) is 0 Å². The number of aryl methyl sites for hydroxylation is 1. The van der Waals surface area contributed by atoms with Crippen molar-refractivity contribution < 1.29 is 17.9 Å². The number of ether oxygens (including phenoxy) is 1. The molecule has 0 radical (unpaired) electrons. The van der Waals surface area contributed by atoms with Crippen molar-refractivity contribution in [3.63, 3.8) is 0 Å². The predicted octanol–water partition coefficient (Wildman–Crippen LogP) is 2.78. The summed E-state index contributed by atoms with van der Waals surface area (Å²) in [4.78, 5) is 6.43. The van der Waals surface area contributed by atoms with E-state index < -0.39 is 11.7 Å². The largest absolute Gasteiger partial charge is 0.416 e. The van der Waals surface area contributed by atoms with Gasteiger partial charge in [0.15, 0.2) is 0 Å². The molecule has 3 rings (SSSR count). The third kappa shape index (κ3) is 3.41. The van der Waals surface area contributed by atoms with Crippen molar-refractivity contribution >= 4 is 11.0 Å². The quantitative estimate of drug-likeness (QED) is 0.869. The Balaban J connectivity index is 1.64. The summed E-state index contributed by atoms with van der Waals surface area (Å²) >= 11 is 0. The van der Waals surface area contributed by atoms with Crippen molar-refractivity contribution in [1.82, 2.24) is 14.5 Å². The van der Waals surface area contributed by atoms with E-state index in [-0.39, 0.29) is 0 Å². The SMILES string of the molecule is FC(F)(F)c1ccc2c(c1)ncn2CCCN1CCOCC1. The van der Waals surface area contributed by atoms with Gasteiger partial charge in [-0.2, -0.15) is 13.2 Å². The average molecular weight is 313 g/mol. The maximum atomic E-state index is 12.7. The molecule has 22 heavy (non-hydrogen) atoms. The molecule has 0 amide bonds. The number of fused-ring (bicyclic) bond motifs is 1. The van der Waals surface area contributed by atoms with E-state index in [1.807, 2.05) is 4.57 Å². The van der Waals surface area contributed by atoms with Crippen LogP contribution >= 0.6 is 0 Å². The summed E-state index contributed by atoms with van der Waals surface area (Å²) in [5.74, 6) is 0. The van der Waals surface area contributed by atoms with Crippen molar-refractivity contribution in [2.45, 2.75) is 19.1 Å². The minimum Gasteiger partial charge on any atom is -0.379 e. The molecule has 1 aromatic heterocycles. The average Bonchev–Trinajstić information content (AvgIpc) is 2.90. The van der Waals surface area contributed by atoms with Crippen LogP contribution in [0.5, 0.6) is 0 Å². The van der Waals surface area contributed by atoms with Gasteiger partial charge in [-0.3, -0.25) is 4.90 Å². The number of rotatable bonds is 4. The molecule has 0 aliphatic carbocycles. The van der Waals surface area contributed by atoms with E-state index in [0.29, 0.717) is 5.52 Å². The molecule has 1 aliphatic rings. The lowest BCUT2D eigenvalue weighted by Gasteiger charge is -2.26. The van der Waals surface area contributed by atoms with Crippen LogP contribution in [0, 0.1) is 0 Å². The lowest BCUT2D eigenvalue weighted by molar-refractivity contribution is -0.137. The third-order valence-electron chi connectivity index (χ3n) is 3.93. The van der Waals surface area contributed by atoms with Gasteiger partial charge in [0.1, 0.15) is 0 Å². The third-order valence-corrected chi connectivity index (χ3v) is 3.93. The van der Waals surface area contributed by atoms with Crippen LogP contribution in [0.15, 0.2) is 24.5 Å². The topological polar surface area (TPSA) is 30.3 Å². The number of halogens is 3. The summed E-state index contributed by atoms with van der Waals surface area (Å²) in [5, 5.41) is 0. The molecule has 0 unspecified atom stereocenters. The first-order chi connectivity index (χ1) is 10.5. The monoisotopic (exact) mass is 313 g/mol. The molecule has 1 aliphatic heterocycles. The number of morpholine rings is 1. The van der Waals surface area contributed by atoms with Gasteiger partial charge in [0.25, 0.3) is 0 Å². The molecule has 120 valence electrons. The number of hydrogen-bond donors (Lipinski definition) is 0. The molecule has 4 nitrogen and oxygen atoms in total. The number of nitrogens with zero attached hydrogens (tertiary/aromatic N) is 3. The van der Waals surface area contributed by atoms with Crippen molar-refractivity contribution in [3.8, 4) is 0 Å². The zero-order valence-corrected chi connectivity index (χ0v) is 12.1. The minimum absolute atomic E-state index is 0.390. The fourth-order valence-electron chi connectivity index (χ4n) is 2.71. The highest BCUT2D eigenvalue weighted by Crippen LogP contribution is 2.31. The molecule has 2 heterocycles. The lowest BCUT2D eigenvalue weighted by Crippen LogP contribution is -2.37. The normalized spacial score (nSPS) is 17.2.